The van der Waals surface area contributed by atoms with E-state index in [0.717, 1.165) is 31.5 Å². The summed E-state index contributed by atoms with van der Waals surface area (Å²) in [5.74, 6) is 2.04. The zero-order valence-electron chi connectivity index (χ0n) is 16.4. The second-order valence-electron chi connectivity index (χ2n) is 8.12. The molecule has 2 saturated carbocycles. The Labute approximate surface area is 161 Å². The summed E-state index contributed by atoms with van der Waals surface area (Å²) >= 11 is 0. The standard InChI is InChI=1S/C20H31N5O2/c1-25(2)18-12-17(21-13-22-18)24-20(27)15-7-9-16(10-8-15)23-19(26)11-14-5-3-4-6-14/h12-16H,3-11H2,1-2H3,(H,23,26)(H,21,22,24,27). The molecule has 0 unspecified atom stereocenters. The van der Waals surface area contributed by atoms with Crippen LogP contribution in [-0.4, -0.2) is 41.9 Å². The predicted octanol–water partition coefficient (Wildman–Crippen LogP) is 2.74. The van der Waals surface area contributed by atoms with Gasteiger partial charge in [-0.15, -0.1) is 0 Å². The summed E-state index contributed by atoms with van der Waals surface area (Å²) in [7, 11) is 3.80. The molecule has 0 aliphatic heterocycles. The number of nitrogens with zero attached hydrogens (tertiary/aromatic N) is 3. The quantitative estimate of drug-likeness (QED) is 0.801. The van der Waals surface area contributed by atoms with Gasteiger partial charge in [0.25, 0.3) is 0 Å². The Morgan fingerprint density at radius 1 is 1.07 bits per heavy atom. The van der Waals surface area contributed by atoms with E-state index < -0.39 is 0 Å². The van der Waals surface area contributed by atoms with Gasteiger partial charge in [-0.05, 0) is 44.4 Å². The van der Waals surface area contributed by atoms with Crippen molar-refractivity contribution in [1.82, 2.24) is 15.3 Å². The van der Waals surface area contributed by atoms with Crippen molar-refractivity contribution in [2.24, 2.45) is 11.8 Å². The molecule has 1 aromatic rings. The van der Waals surface area contributed by atoms with Gasteiger partial charge in [0.2, 0.25) is 11.8 Å². The highest BCUT2D eigenvalue weighted by molar-refractivity contribution is 5.92. The van der Waals surface area contributed by atoms with Crippen LogP contribution in [0, 0.1) is 11.8 Å². The zero-order valence-corrected chi connectivity index (χ0v) is 16.4. The van der Waals surface area contributed by atoms with E-state index in [4.69, 9.17) is 0 Å². The van der Waals surface area contributed by atoms with Crippen LogP contribution in [0.4, 0.5) is 11.6 Å². The molecule has 0 atom stereocenters. The molecular weight excluding hydrogens is 342 g/mol. The first-order chi connectivity index (χ1) is 13.0. The third kappa shape index (κ3) is 5.65. The second-order valence-corrected chi connectivity index (χ2v) is 8.12. The lowest BCUT2D eigenvalue weighted by molar-refractivity contribution is -0.123. The topological polar surface area (TPSA) is 87.2 Å². The lowest BCUT2D eigenvalue weighted by Gasteiger charge is -2.28. The number of hydrogen-bond acceptors (Lipinski definition) is 5. The molecule has 2 amide bonds. The van der Waals surface area contributed by atoms with Crippen molar-refractivity contribution in [3.05, 3.63) is 12.4 Å². The van der Waals surface area contributed by atoms with Gasteiger partial charge in [-0.3, -0.25) is 9.59 Å². The molecule has 0 saturated heterocycles. The van der Waals surface area contributed by atoms with Gasteiger partial charge in [0.15, 0.2) is 0 Å². The lowest BCUT2D eigenvalue weighted by Crippen LogP contribution is -2.40. The molecule has 0 radical (unpaired) electrons. The fourth-order valence-electron chi connectivity index (χ4n) is 4.15. The maximum Gasteiger partial charge on any atom is 0.228 e. The van der Waals surface area contributed by atoms with Gasteiger partial charge < -0.3 is 15.5 Å². The van der Waals surface area contributed by atoms with Crippen LogP contribution in [-0.2, 0) is 9.59 Å². The van der Waals surface area contributed by atoms with Gasteiger partial charge in [-0.25, -0.2) is 9.97 Å². The van der Waals surface area contributed by atoms with Crippen molar-refractivity contribution in [3.63, 3.8) is 0 Å². The molecule has 1 heterocycles. The summed E-state index contributed by atoms with van der Waals surface area (Å²) in [6, 6.07) is 1.98. The van der Waals surface area contributed by atoms with Crippen molar-refractivity contribution < 1.29 is 9.59 Å². The number of hydrogen-bond donors (Lipinski definition) is 2. The van der Waals surface area contributed by atoms with E-state index in [9.17, 15) is 9.59 Å². The van der Waals surface area contributed by atoms with Crippen LogP contribution in [0.3, 0.4) is 0 Å². The fraction of sp³-hybridized carbons (Fsp3) is 0.700. The molecule has 3 rings (SSSR count). The minimum absolute atomic E-state index is 0.00846. The van der Waals surface area contributed by atoms with E-state index in [-0.39, 0.29) is 23.8 Å². The summed E-state index contributed by atoms with van der Waals surface area (Å²) in [6.07, 6.45) is 10.4. The molecule has 2 N–H and O–H groups in total. The molecule has 0 bridgehead atoms. The highest BCUT2D eigenvalue weighted by atomic mass is 16.2. The molecular formula is C20H31N5O2. The molecule has 0 aromatic carbocycles. The first-order valence-electron chi connectivity index (χ1n) is 10.1. The summed E-state index contributed by atoms with van der Waals surface area (Å²) in [5, 5.41) is 6.08. The molecule has 2 aliphatic carbocycles. The number of anilines is 2. The fourth-order valence-corrected chi connectivity index (χ4v) is 4.15. The van der Waals surface area contributed by atoms with E-state index in [1.54, 1.807) is 6.07 Å². The van der Waals surface area contributed by atoms with E-state index in [0.29, 0.717) is 18.2 Å². The van der Waals surface area contributed by atoms with Crippen molar-refractivity contribution in [2.45, 2.75) is 63.8 Å². The largest absolute Gasteiger partial charge is 0.363 e. The van der Waals surface area contributed by atoms with Crippen molar-refractivity contribution in [3.8, 4) is 0 Å². The second kappa shape index (κ2) is 9.15. The summed E-state index contributed by atoms with van der Waals surface area (Å²) < 4.78 is 0. The van der Waals surface area contributed by atoms with Gasteiger partial charge in [0.1, 0.15) is 18.0 Å². The van der Waals surface area contributed by atoms with Crippen molar-refractivity contribution >= 4 is 23.5 Å². The highest BCUT2D eigenvalue weighted by Gasteiger charge is 2.28. The average molecular weight is 374 g/mol. The predicted molar refractivity (Wildman–Crippen MR) is 105 cm³/mol. The van der Waals surface area contributed by atoms with Gasteiger partial charge in [-0.2, -0.15) is 0 Å². The number of rotatable bonds is 6. The van der Waals surface area contributed by atoms with E-state index in [2.05, 4.69) is 20.6 Å². The van der Waals surface area contributed by atoms with Crippen molar-refractivity contribution in [1.29, 1.82) is 0 Å². The molecule has 2 aliphatic rings. The number of carbonyl (C=O) groups is 2. The van der Waals surface area contributed by atoms with Gasteiger partial charge in [0.05, 0.1) is 0 Å². The molecule has 27 heavy (non-hydrogen) atoms. The van der Waals surface area contributed by atoms with Crippen molar-refractivity contribution in [2.75, 3.05) is 24.3 Å². The molecule has 7 heteroatoms. The molecule has 0 spiro atoms. The van der Waals surface area contributed by atoms with Crippen LogP contribution in [0.5, 0.6) is 0 Å². The Morgan fingerprint density at radius 2 is 1.78 bits per heavy atom. The maximum absolute atomic E-state index is 12.5. The lowest BCUT2D eigenvalue weighted by atomic mass is 9.85. The van der Waals surface area contributed by atoms with Crippen LogP contribution in [0.15, 0.2) is 12.4 Å². The van der Waals surface area contributed by atoms with E-state index in [1.807, 2.05) is 19.0 Å². The Kier molecular flexibility index (Phi) is 6.63. The van der Waals surface area contributed by atoms with Gasteiger partial charge >= 0.3 is 0 Å². The van der Waals surface area contributed by atoms with Crippen LogP contribution in [0.2, 0.25) is 0 Å². The van der Waals surface area contributed by atoms with E-state index >= 15 is 0 Å². The molecule has 1 aromatic heterocycles. The van der Waals surface area contributed by atoms with Crippen LogP contribution in [0.1, 0.15) is 57.8 Å². The maximum atomic E-state index is 12.5. The highest BCUT2D eigenvalue weighted by Crippen LogP contribution is 2.29. The zero-order chi connectivity index (χ0) is 19.2. The number of amides is 2. The third-order valence-corrected chi connectivity index (χ3v) is 5.77. The molecule has 148 valence electrons. The molecule has 2 fully saturated rings. The van der Waals surface area contributed by atoms with Gasteiger partial charge in [-0.1, -0.05) is 12.8 Å². The summed E-state index contributed by atoms with van der Waals surface area (Å²) in [5.41, 5.74) is 0. The van der Waals surface area contributed by atoms with Gasteiger partial charge in [0, 0.05) is 38.5 Å². The SMILES string of the molecule is CN(C)c1cc(NC(=O)C2CCC(NC(=O)CC3CCCC3)CC2)ncn1. The number of aromatic nitrogens is 2. The Bertz CT molecular complexity index is 650. The number of carbonyl (C=O) groups excluding carboxylic acids is 2. The van der Waals surface area contributed by atoms with Crippen LogP contribution >= 0.6 is 0 Å². The Balaban J connectivity index is 1.42. The summed E-state index contributed by atoms with van der Waals surface area (Å²) in [4.78, 5) is 34.9. The molecule has 7 nitrogen and oxygen atoms in total. The average Bonchev–Trinajstić information content (AvgIpc) is 3.15. The minimum atomic E-state index is -0.0224. The Morgan fingerprint density at radius 3 is 2.44 bits per heavy atom. The minimum Gasteiger partial charge on any atom is -0.363 e. The Hall–Kier alpha value is -2.18. The first kappa shape index (κ1) is 19.6. The van der Waals surface area contributed by atoms with Crippen LogP contribution in [0.25, 0.3) is 0 Å². The smallest absolute Gasteiger partial charge is 0.228 e. The monoisotopic (exact) mass is 373 g/mol. The first-order valence-corrected chi connectivity index (χ1v) is 10.1. The normalized spacial score (nSPS) is 23.0. The number of nitrogens with one attached hydrogen (secondary N) is 2. The van der Waals surface area contributed by atoms with Crippen LogP contribution < -0.4 is 15.5 Å². The van der Waals surface area contributed by atoms with E-state index in [1.165, 1.54) is 32.0 Å². The third-order valence-electron chi connectivity index (χ3n) is 5.77. The summed E-state index contributed by atoms with van der Waals surface area (Å²) in [6.45, 7) is 0.